The van der Waals surface area contributed by atoms with Crippen molar-refractivity contribution in [1.82, 2.24) is 10.2 Å². The van der Waals surface area contributed by atoms with Crippen LogP contribution in [0.3, 0.4) is 0 Å². The maximum absolute atomic E-state index is 12.4. The molecule has 7 nitrogen and oxygen atoms in total. The molecule has 3 amide bonds. The van der Waals surface area contributed by atoms with Crippen molar-refractivity contribution in [2.24, 2.45) is 11.7 Å². The predicted octanol–water partition coefficient (Wildman–Crippen LogP) is 1.98. The van der Waals surface area contributed by atoms with Crippen molar-refractivity contribution in [3.63, 3.8) is 0 Å². The molecule has 26 heavy (non-hydrogen) atoms. The van der Waals surface area contributed by atoms with Gasteiger partial charge in [0.1, 0.15) is 0 Å². The van der Waals surface area contributed by atoms with Crippen LogP contribution in [-0.2, 0) is 14.3 Å². The van der Waals surface area contributed by atoms with Gasteiger partial charge in [-0.2, -0.15) is 0 Å². The lowest BCUT2D eigenvalue weighted by atomic mass is 9.99. The van der Waals surface area contributed by atoms with Crippen molar-refractivity contribution in [1.29, 1.82) is 0 Å². The van der Waals surface area contributed by atoms with Gasteiger partial charge in [-0.15, -0.1) is 0 Å². The van der Waals surface area contributed by atoms with Gasteiger partial charge in [0.15, 0.2) is 6.10 Å². The number of amides is 3. The zero-order valence-corrected chi connectivity index (χ0v) is 15.3. The molecule has 142 valence electrons. The summed E-state index contributed by atoms with van der Waals surface area (Å²) >= 11 is 0. The minimum Gasteiger partial charge on any atom is -0.452 e. The van der Waals surface area contributed by atoms with Gasteiger partial charge in [-0.1, -0.05) is 37.3 Å². The smallest absolute Gasteiger partial charge is 0.312 e. The van der Waals surface area contributed by atoms with Crippen LogP contribution in [0.2, 0.25) is 0 Å². The Hall–Kier alpha value is -2.57. The van der Waals surface area contributed by atoms with Gasteiger partial charge >= 0.3 is 12.0 Å². The van der Waals surface area contributed by atoms with E-state index in [0.717, 1.165) is 18.4 Å². The number of carbonyl (C=O) groups is 3. The first-order chi connectivity index (χ1) is 12.4. The van der Waals surface area contributed by atoms with E-state index < -0.39 is 24.1 Å². The molecule has 0 bridgehead atoms. The number of carbonyl (C=O) groups excluding carboxylic acids is 3. The summed E-state index contributed by atoms with van der Waals surface area (Å²) in [5.41, 5.74) is 5.94. The van der Waals surface area contributed by atoms with E-state index in [1.807, 2.05) is 6.07 Å². The summed E-state index contributed by atoms with van der Waals surface area (Å²) in [6.45, 7) is 5.13. The molecule has 1 aromatic rings. The minimum absolute atomic E-state index is 0.0956. The molecular weight excluding hydrogens is 334 g/mol. The number of nitrogens with zero attached hydrogens (tertiary/aromatic N) is 1. The quantitative estimate of drug-likeness (QED) is 0.756. The highest BCUT2D eigenvalue weighted by molar-refractivity contribution is 5.84. The highest BCUT2D eigenvalue weighted by Crippen LogP contribution is 2.19. The third-order valence-corrected chi connectivity index (χ3v) is 4.64. The van der Waals surface area contributed by atoms with E-state index in [9.17, 15) is 14.4 Å². The summed E-state index contributed by atoms with van der Waals surface area (Å²) in [6.07, 6.45) is 0.985. The standard InChI is InChI=1S/C19H27N3O4/c1-13-8-10-22(11-9-13)18(24)14(2)26-17(23)12-16(21-19(20)25)15-6-4-3-5-7-15/h3-7,13-14,16H,8-12H2,1-2H3,(H3,20,21,25)/t14-,16+/m0/s1. The van der Waals surface area contributed by atoms with Crippen molar-refractivity contribution in [3.05, 3.63) is 35.9 Å². The van der Waals surface area contributed by atoms with Crippen LogP contribution in [0.1, 0.15) is 44.7 Å². The summed E-state index contributed by atoms with van der Waals surface area (Å²) in [4.78, 5) is 37.7. The average molecular weight is 361 g/mol. The van der Waals surface area contributed by atoms with Crippen LogP contribution in [0, 0.1) is 5.92 Å². The second kappa shape index (κ2) is 9.22. The Balaban J connectivity index is 1.92. The maximum atomic E-state index is 12.4. The van der Waals surface area contributed by atoms with Gasteiger partial charge in [0, 0.05) is 13.1 Å². The highest BCUT2D eigenvalue weighted by atomic mass is 16.5. The Morgan fingerprint density at radius 2 is 1.85 bits per heavy atom. The van der Waals surface area contributed by atoms with Gasteiger partial charge in [-0.3, -0.25) is 9.59 Å². The van der Waals surface area contributed by atoms with Crippen LogP contribution in [0.15, 0.2) is 30.3 Å². The molecule has 7 heteroatoms. The number of benzene rings is 1. The molecule has 0 spiro atoms. The summed E-state index contributed by atoms with van der Waals surface area (Å²) in [5, 5.41) is 2.54. The third kappa shape index (κ3) is 5.75. The van der Waals surface area contributed by atoms with Crippen molar-refractivity contribution in [2.75, 3.05) is 13.1 Å². The number of hydrogen-bond acceptors (Lipinski definition) is 4. The zero-order chi connectivity index (χ0) is 19.1. The summed E-state index contributed by atoms with van der Waals surface area (Å²) < 4.78 is 5.30. The topological polar surface area (TPSA) is 102 Å². The lowest BCUT2D eigenvalue weighted by Crippen LogP contribution is -2.44. The first-order valence-electron chi connectivity index (χ1n) is 8.96. The molecule has 1 aliphatic heterocycles. The van der Waals surface area contributed by atoms with Crippen LogP contribution >= 0.6 is 0 Å². The molecule has 1 saturated heterocycles. The molecule has 0 aromatic heterocycles. The van der Waals surface area contributed by atoms with Crippen molar-refractivity contribution >= 4 is 17.9 Å². The van der Waals surface area contributed by atoms with Gasteiger partial charge < -0.3 is 20.7 Å². The molecule has 2 atom stereocenters. The lowest BCUT2D eigenvalue weighted by molar-refractivity contribution is -0.160. The van der Waals surface area contributed by atoms with Crippen LogP contribution in [0.5, 0.6) is 0 Å². The molecule has 3 N–H and O–H groups in total. The van der Waals surface area contributed by atoms with Crippen LogP contribution in [0.4, 0.5) is 4.79 Å². The van der Waals surface area contributed by atoms with Gasteiger partial charge in [0.05, 0.1) is 12.5 Å². The molecule has 0 radical (unpaired) electrons. The third-order valence-electron chi connectivity index (χ3n) is 4.64. The number of primary amides is 1. The molecule has 0 aliphatic carbocycles. The van der Waals surface area contributed by atoms with Crippen LogP contribution in [-0.4, -0.2) is 42.0 Å². The fraction of sp³-hybridized carbons (Fsp3) is 0.526. The van der Waals surface area contributed by atoms with E-state index >= 15 is 0 Å². The Morgan fingerprint density at radius 3 is 2.42 bits per heavy atom. The Morgan fingerprint density at radius 1 is 1.23 bits per heavy atom. The second-order valence-electron chi connectivity index (χ2n) is 6.82. The number of hydrogen-bond donors (Lipinski definition) is 2. The number of nitrogens with one attached hydrogen (secondary N) is 1. The number of urea groups is 1. The summed E-state index contributed by atoms with van der Waals surface area (Å²) in [7, 11) is 0. The highest BCUT2D eigenvalue weighted by Gasteiger charge is 2.28. The number of ether oxygens (including phenoxy) is 1. The van der Waals surface area contributed by atoms with Crippen LogP contribution in [0.25, 0.3) is 0 Å². The van der Waals surface area contributed by atoms with Crippen LogP contribution < -0.4 is 11.1 Å². The van der Waals surface area contributed by atoms with Crippen molar-refractivity contribution < 1.29 is 19.1 Å². The first kappa shape index (κ1) is 19.8. The molecule has 1 aromatic carbocycles. The Kier molecular flexibility index (Phi) is 7.00. The molecule has 0 saturated carbocycles. The summed E-state index contributed by atoms with van der Waals surface area (Å²) in [5.74, 6) is -0.119. The largest absolute Gasteiger partial charge is 0.452 e. The first-order valence-corrected chi connectivity index (χ1v) is 8.96. The molecule has 2 rings (SSSR count). The maximum Gasteiger partial charge on any atom is 0.312 e. The number of likely N-dealkylation sites (tertiary alicyclic amines) is 1. The van der Waals surface area contributed by atoms with E-state index in [1.54, 1.807) is 36.1 Å². The van der Waals surface area contributed by atoms with Gasteiger partial charge in [-0.25, -0.2) is 4.79 Å². The fourth-order valence-electron chi connectivity index (χ4n) is 3.06. The minimum atomic E-state index is -0.846. The number of piperidine rings is 1. The Labute approximate surface area is 153 Å². The molecule has 0 unspecified atom stereocenters. The molecule has 1 heterocycles. The predicted molar refractivity (Wildman–Crippen MR) is 97.1 cm³/mol. The van der Waals surface area contributed by atoms with E-state index in [-0.39, 0.29) is 12.3 Å². The number of esters is 1. The number of nitrogens with two attached hydrogens (primary N) is 1. The van der Waals surface area contributed by atoms with E-state index in [1.165, 1.54) is 0 Å². The average Bonchev–Trinajstić information content (AvgIpc) is 2.61. The lowest BCUT2D eigenvalue weighted by Gasteiger charge is -2.32. The van der Waals surface area contributed by atoms with E-state index in [4.69, 9.17) is 10.5 Å². The summed E-state index contributed by atoms with van der Waals surface area (Å²) in [6, 6.07) is 7.70. The van der Waals surface area contributed by atoms with E-state index in [0.29, 0.717) is 19.0 Å². The van der Waals surface area contributed by atoms with E-state index in [2.05, 4.69) is 12.2 Å². The molecule has 1 aliphatic rings. The Bertz CT molecular complexity index is 627. The van der Waals surface area contributed by atoms with Crippen molar-refractivity contribution in [3.8, 4) is 0 Å². The van der Waals surface area contributed by atoms with Crippen molar-refractivity contribution in [2.45, 2.75) is 45.3 Å². The van der Waals surface area contributed by atoms with Gasteiger partial charge in [0.25, 0.3) is 5.91 Å². The second-order valence-corrected chi connectivity index (χ2v) is 6.82. The normalized spacial score (nSPS) is 17.2. The molecular formula is C19H27N3O4. The zero-order valence-electron chi connectivity index (χ0n) is 15.3. The fourth-order valence-corrected chi connectivity index (χ4v) is 3.06. The van der Waals surface area contributed by atoms with Gasteiger partial charge in [-0.05, 0) is 31.2 Å². The SMILES string of the molecule is CC1CCN(C(=O)[C@H](C)OC(=O)C[C@@H](NC(N)=O)c2ccccc2)CC1. The molecule has 1 fully saturated rings. The van der Waals surface area contributed by atoms with Gasteiger partial charge in [0.2, 0.25) is 0 Å². The number of rotatable bonds is 6. The monoisotopic (exact) mass is 361 g/mol.